The Morgan fingerprint density at radius 2 is 2.25 bits per heavy atom. The molecule has 1 rings (SSSR count). The van der Waals surface area contributed by atoms with E-state index in [0.717, 1.165) is 37.6 Å². The molecule has 1 heterocycles. The van der Waals surface area contributed by atoms with Gasteiger partial charge in [-0.05, 0) is 44.0 Å². The largest absolute Gasteiger partial charge is 0.403 e. The SMILES string of the molecule is CCCO[Si](C)(Cl)CCCc1ccccn1. The van der Waals surface area contributed by atoms with Gasteiger partial charge in [0.2, 0.25) is 0 Å². The molecule has 1 aromatic heterocycles. The lowest BCUT2D eigenvalue weighted by molar-refractivity contribution is 0.315. The second-order valence-corrected chi connectivity index (χ2v) is 9.52. The molecular weight excluding hydrogens is 238 g/mol. The van der Waals surface area contributed by atoms with Gasteiger partial charge >= 0.3 is 0 Å². The third-order valence-corrected chi connectivity index (χ3v) is 5.34. The number of nitrogens with zero attached hydrogens (tertiary/aromatic N) is 1. The van der Waals surface area contributed by atoms with E-state index in [4.69, 9.17) is 15.5 Å². The highest BCUT2D eigenvalue weighted by atomic mass is 35.6. The molecule has 0 fully saturated rings. The number of hydrogen-bond donors (Lipinski definition) is 0. The van der Waals surface area contributed by atoms with Crippen LogP contribution in [0.15, 0.2) is 24.4 Å². The summed E-state index contributed by atoms with van der Waals surface area (Å²) >= 11 is 6.38. The van der Waals surface area contributed by atoms with Crippen LogP contribution >= 0.6 is 11.1 Å². The molecule has 0 aliphatic carbocycles. The molecule has 0 spiro atoms. The lowest BCUT2D eigenvalue weighted by atomic mass is 10.2. The van der Waals surface area contributed by atoms with Crippen molar-refractivity contribution in [2.75, 3.05) is 6.61 Å². The Balaban J connectivity index is 2.24. The molecule has 2 nitrogen and oxygen atoms in total. The first kappa shape index (κ1) is 13.7. The fraction of sp³-hybridized carbons (Fsp3) is 0.583. The van der Waals surface area contributed by atoms with Crippen LogP contribution in [-0.4, -0.2) is 19.2 Å². The highest BCUT2D eigenvalue weighted by Crippen LogP contribution is 2.20. The smallest absolute Gasteiger partial charge is 0.286 e. The molecule has 1 unspecified atom stereocenters. The number of halogens is 1. The molecule has 90 valence electrons. The van der Waals surface area contributed by atoms with Crippen molar-refractivity contribution in [2.24, 2.45) is 0 Å². The Labute approximate surface area is 104 Å². The van der Waals surface area contributed by atoms with Gasteiger partial charge in [-0.25, -0.2) is 0 Å². The van der Waals surface area contributed by atoms with Crippen LogP contribution in [0.2, 0.25) is 12.6 Å². The monoisotopic (exact) mass is 257 g/mol. The lowest BCUT2D eigenvalue weighted by Gasteiger charge is -2.19. The topological polar surface area (TPSA) is 22.1 Å². The van der Waals surface area contributed by atoms with E-state index in [0.29, 0.717) is 0 Å². The minimum absolute atomic E-state index is 0.788. The summed E-state index contributed by atoms with van der Waals surface area (Å²) < 4.78 is 5.70. The van der Waals surface area contributed by atoms with Gasteiger partial charge in [0.15, 0.2) is 0 Å². The van der Waals surface area contributed by atoms with Gasteiger partial charge in [-0.2, -0.15) is 0 Å². The van der Waals surface area contributed by atoms with Crippen molar-refractivity contribution < 1.29 is 4.43 Å². The second-order valence-electron chi connectivity index (χ2n) is 4.12. The highest BCUT2D eigenvalue weighted by molar-refractivity contribution is 7.16. The van der Waals surface area contributed by atoms with Crippen molar-refractivity contribution in [3.8, 4) is 0 Å². The molecule has 0 aliphatic rings. The average Bonchev–Trinajstić information content (AvgIpc) is 2.28. The molecule has 0 radical (unpaired) electrons. The van der Waals surface area contributed by atoms with Crippen LogP contribution in [0.1, 0.15) is 25.5 Å². The normalized spacial score (nSPS) is 14.7. The molecule has 1 aromatic rings. The summed E-state index contributed by atoms with van der Waals surface area (Å²) in [5, 5.41) is 0. The van der Waals surface area contributed by atoms with Crippen LogP contribution < -0.4 is 0 Å². The Kier molecular flexibility index (Phi) is 6.02. The van der Waals surface area contributed by atoms with Crippen LogP contribution in [0.3, 0.4) is 0 Å². The number of aromatic nitrogens is 1. The summed E-state index contributed by atoms with van der Waals surface area (Å²) in [7, 11) is -1.93. The Morgan fingerprint density at radius 3 is 2.88 bits per heavy atom. The average molecular weight is 258 g/mol. The van der Waals surface area contributed by atoms with Crippen molar-refractivity contribution in [3.05, 3.63) is 30.1 Å². The summed E-state index contributed by atoms with van der Waals surface area (Å²) in [5.74, 6) is 0. The number of hydrogen-bond acceptors (Lipinski definition) is 2. The van der Waals surface area contributed by atoms with Gasteiger partial charge in [0, 0.05) is 18.5 Å². The van der Waals surface area contributed by atoms with E-state index in [9.17, 15) is 0 Å². The maximum Gasteiger partial charge on any atom is 0.286 e. The van der Waals surface area contributed by atoms with Crippen molar-refractivity contribution in [1.82, 2.24) is 4.98 Å². The first-order chi connectivity index (χ1) is 7.64. The summed E-state index contributed by atoms with van der Waals surface area (Å²) in [6, 6.07) is 7.01. The van der Waals surface area contributed by atoms with Gasteiger partial charge in [0.1, 0.15) is 0 Å². The first-order valence-corrected chi connectivity index (χ1v) is 9.49. The molecule has 0 bridgehead atoms. The molecule has 0 aromatic carbocycles. The van der Waals surface area contributed by atoms with Gasteiger partial charge in [-0.15, -0.1) is 11.1 Å². The maximum atomic E-state index is 6.38. The van der Waals surface area contributed by atoms with E-state index in [1.807, 2.05) is 18.3 Å². The van der Waals surface area contributed by atoms with Crippen molar-refractivity contribution in [1.29, 1.82) is 0 Å². The number of aryl methyl sites for hydroxylation is 1. The predicted molar refractivity (Wildman–Crippen MR) is 71.1 cm³/mol. The standard InChI is InChI=1S/C12H20ClNOSi/c1-3-10-15-16(2,13)11-6-8-12-7-4-5-9-14-12/h4-5,7,9H,3,6,8,10-11H2,1-2H3. The van der Waals surface area contributed by atoms with Gasteiger partial charge in [-0.1, -0.05) is 13.0 Å². The molecule has 0 aliphatic heterocycles. The Morgan fingerprint density at radius 1 is 1.44 bits per heavy atom. The molecule has 1 atom stereocenters. The summed E-state index contributed by atoms with van der Waals surface area (Å²) in [4.78, 5) is 4.29. The molecule has 4 heteroatoms. The molecule has 0 saturated heterocycles. The van der Waals surface area contributed by atoms with Crippen molar-refractivity contribution in [3.63, 3.8) is 0 Å². The summed E-state index contributed by atoms with van der Waals surface area (Å²) in [5.41, 5.74) is 1.14. The fourth-order valence-electron chi connectivity index (χ4n) is 1.52. The second kappa shape index (κ2) is 7.04. The fourth-order valence-corrected chi connectivity index (χ4v) is 3.73. The van der Waals surface area contributed by atoms with Gasteiger partial charge < -0.3 is 4.43 Å². The van der Waals surface area contributed by atoms with Crippen molar-refractivity contribution >= 4 is 18.7 Å². The predicted octanol–water partition coefficient (Wildman–Crippen LogP) is 3.75. The van der Waals surface area contributed by atoms with Gasteiger partial charge in [-0.3, -0.25) is 4.98 Å². The molecule has 0 N–H and O–H groups in total. The van der Waals surface area contributed by atoms with Gasteiger partial charge in [0.05, 0.1) is 0 Å². The van der Waals surface area contributed by atoms with E-state index in [-0.39, 0.29) is 0 Å². The number of pyridine rings is 1. The van der Waals surface area contributed by atoms with E-state index < -0.39 is 7.63 Å². The van der Waals surface area contributed by atoms with Crippen molar-refractivity contribution in [2.45, 2.75) is 38.8 Å². The maximum absolute atomic E-state index is 6.38. The molecule has 0 saturated carbocycles. The highest BCUT2D eigenvalue weighted by Gasteiger charge is 2.25. The van der Waals surface area contributed by atoms with E-state index >= 15 is 0 Å². The van der Waals surface area contributed by atoms with Crippen LogP contribution in [0, 0.1) is 0 Å². The van der Waals surface area contributed by atoms with Gasteiger partial charge in [0.25, 0.3) is 7.63 Å². The lowest BCUT2D eigenvalue weighted by Crippen LogP contribution is -2.27. The summed E-state index contributed by atoms with van der Waals surface area (Å²) in [6.45, 7) is 4.97. The van der Waals surface area contributed by atoms with E-state index in [1.54, 1.807) is 0 Å². The van der Waals surface area contributed by atoms with Crippen LogP contribution in [-0.2, 0) is 10.8 Å². The third-order valence-electron chi connectivity index (χ3n) is 2.39. The van der Waals surface area contributed by atoms with Crippen LogP contribution in [0.5, 0.6) is 0 Å². The first-order valence-electron chi connectivity index (χ1n) is 5.87. The Hall–Kier alpha value is -0.383. The number of rotatable bonds is 7. The van der Waals surface area contributed by atoms with Crippen LogP contribution in [0.25, 0.3) is 0 Å². The minimum atomic E-state index is -1.93. The minimum Gasteiger partial charge on any atom is -0.403 e. The molecular formula is C12H20ClNOSi. The zero-order chi connectivity index (χ0) is 11.9. The zero-order valence-corrected chi connectivity index (χ0v) is 11.8. The quantitative estimate of drug-likeness (QED) is 0.548. The molecule has 0 amide bonds. The molecule has 16 heavy (non-hydrogen) atoms. The van der Waals surface area contributed by atoms with E-state index in [2.05, 4.69) is 24.5 Å². The zero-order valence-electron chi connectivity index (χ0n) is 10.1. The summed E-state index contributed by atoms with van der Waals surface area (Å²) in [6.07, 6.45) is 4.92. The van der Waals surface area contributed by atoms with Crippen LogP contribution in [0.4, 0.5) is 0 Å². The van der Waals surface area contributed by atoms with E-state index in [1.165, 1.54) is 0 Å². The Bertz CT molecular complexity index is 292. The third kappa shape index (κ3) is 5.63.